The average Bonchev–Trinajstić information content (AvgIpc) is 2.27. The normalized spacial score (nSPS) is 11.1. The van der Waals surface area contributed by atoms with E-state index in [-0.39, 0.29) is 0 Å². The molecule has 86 valence electrons. The number of hydrogen-bond acceptors (Lipinski definition) is 0. The lowest BCUT2D eigenvalue weighted by Gasteiger charge is -2.05. The van der Waals surface area contributed by atoms with Crippen LogP contribution in [0.25, 0.3) is 10.8 Å². The molecule has 0 atom stereocenters. The highest BCUT2D eigenvalue weighted by Gasteiger charge is 2.08. The van der Waals surface area contributed by atoms with Gasteiger partial charge in [-0.05, 0) is 45.5 Å². The molecule has 2 aromatic carbocycles. The molecule has 0 amide bonds. The lowest BCUT2D eigenvalue weighted by molar-refractivity contribution is 1.66. The van der Waals surface area contributed by atoms with Gasteiger partial charge < -0.3 is 0 Å². The van der Waals surface area contributed by atoms with E-state index in [2.05, 4.69) is 90.1 Å². The number of rotatable bonds is 0. The zero-order chi connectivity index (χ0) is 12.5. The molecule has 0 saturated carbocycles. The molecule has 0 aromatic heterocycles. The summed E-state index contributed by atoms with van der Waals surface area (Å²) in [6, 6.07) is 12.8. The quantitative estimate of drug-likeness (QED) is 0.368. The van der Waals surface area contributed by atoms with Crippen molar-refractivity contribution in [1.29, 1.82) is 0 Å². The monoisotopic (exact) mass is 350 g/mol. The Balaban J connectivity index is 2.63. The second kappa shape index (κ2) is 4.83. The summed E-state index contributed by atoms with van der Waals surface area (Å²) in [7, 11) is -1.30. The fraction of sp³-hybridized carbons (Fsp3) is 0.200. The number of benzene rings is 2. The molecule has 2 heteroatoms. The van der Waals surface area contributed by atoms with Crippen LogP contribution in [0.5, 0.6) is 0 Å². The third-order valence-corrected chi connectivity index (χ3v) is 4.26. The number of hydrogen-bond donors (Lipinski definition) is 0. The fourth-order valence-electron chi connectivity index (χ4n) is 1.63. The molecule has 2 aromatic rings. The van der Waals surface area contributed by atoms with E-state index in [9.17, 15) is 0 Å². The number of fused-ring (bicyclic) bond motifs is 1. The van der Waals surface area contributed by atoms with Gasteiger partial charge in [0.05, 0.1) is 0 Å². The van der Waals surface area contributed by atoms with Crippen LogP contribution in [0.15, 0.2) is 36.4 Å². The van der Waals surface area contributed by atoms with E-state index in [0.717, 1.165) is 5.56 Å². The van der Waals surface area contributed by atoms with E-state index in [1.807, 2.05) is 0 Å². The molecule has 0 spiro atoms. The van der Waals surface area contributed by atoms with Gasteiger partial charge in [-0.1, -0.05) is 49.8 Å². The van der Waals surface area contributed by atoms with Crippen molar-refractivity contribution in [1.82, 2.24) is 0 Å². The SMILES string of the molecule is C[Si](C)(C)C#Cc1ccc(I)c2ccccc12. The van der Waals surface area contributed by atoms with Crippen molar-refractivity contribution in [3.05, 3.63) is 45.5 Å². The highest BCUT2D eigenvalue weighted by atomic mass is 127. The molecule has 0 bridgehead atoms. The fourth-order valence-corrected chi connectivity index (χ4v) is 2.79. The minimum atomic E-state index is -1.30. The van der Waals surface area contributed by atoms with Crippen molar-refractivity contribution in [2.24, 2.45) is 0 Å². The van der Waals surface area contributed by atoms with Crippen molar-refractivity contribution in [2.45, 2.75) is 19.6 Å². The lowest BCUT2D eigenvalue weighted by Crippen LogP contribution is -2.16. The molecule has 0 aliphatic rings. The first-order valence-electron chi connectivity index (χ1n) is 5.68. The summed E-state index contributed by atoms with van der Waals surface area (Å²) in [5.74, 6) is 3.36. The average molecular weight is 350 g/mol. The van der Waals surface area contributed by atoms with Crippen LogP contribution in [-0.4, -0.2) is 8.07 Å². The standard InChI is InChI=1S/C15H15ISi/c1-17(2,3)11-10-12-8-9-15(16)14-7-5-4-6-13(12)14/h4-9H,1-3H3. The van der Waals surface area contributed by atoms with E-state index < -0.39 is 8.07 Å². The molecule has 0 N–H and O–H groups in total. The molecule has 0 heterocycles. The van der Waals surface area contributed by atoms with Crippen LogP contribution in [0, 0.1) is 15.0 Å². The predicted molar refractivity (Wildman–Crippen MR) is 86.9 cm³/mol. The molecule has 17 heavy (non-hydrogen) atoms. The van der Waals surface area contributed by atoms with Gasteiger partial charge in [0.25, 0.3) is 0 Å². The summed E-state index contributed by atoms with van der Waals surface area (Å²) in [4.78, 5) is 0. The largest absolute Gasteiger partial charge is 0.129 e. The van der Waals surface area contributed by atoms with Gasteiger partial charge in [0, 0.05) is 9.13 Å². The Bertz CT molecular complexity index is 612. The van der Waals surface area contributed by atoms with Gasteiger partial charge in [-0.3, -0.25) is 0 Å². The van der Waals surface area contributed by atoms with Crippen LogP contribution >= 0.6 is 22.6 Å². The van der Waals surface area contributed by atoms with E-state index in [0.29, 0.717) is 0 Å². The summed E-state index contributed by atoms with van der Waals surface area (Å²) in [5.41, 5.74) is 4.59. The highest BCUT2D eigenvalue weighted by molar-refractivity contribution is 14.1. The highest BCUT2D eigenvalue weighted by Crippen LogP contribution is 2.23. The topological polar surface area (TPSA) is 0 Å². The Labute approximate surface area is 118 Å². The Morgan fingerprint density at radius 3 is 2.24 bits per heavy atom. The summed E-state index contributed by atoms with van der Waals surface area (Å²) in [5, 5.41) is 2.57. The Morgan fingerprint density at radius 1 is 0.941 bits per heavy atom. The lowest BCUT2D eigenvalue weighted by atomic mass is 10.1. The first-order valence-corrected chi connectivity index (χ1v) is 10.3. The molecular weight excluding hydrogens is 335 g/mol. The molecule has 0 unspecified atom stereocenters. The molecule has 2 rings (SSSR count). The Morgan fingerprint density at radius 2 is 1.59 bits per heavy atom. The molecule has 0 aliphatic carbocycles. The molecule has 0 fully saturated rings. The van der Waals surface area contributed by atoms with E-state index >= 15 is 0 Å². The third-order valence-electron chi connectivity index (χ3n) is 2.44. The summed E-state index contributed by atoms with van der Waals surface area (Å²) >= 11 is 2.38. The summed E-state index contributed by atoms with van der Waals surface area (Å²) < 4.78 is 1.29. The van der Waals surface area contributed by atoms with Crippen LogP contribution in [-0.2, 0) is 0 Å². The van der Waals surface area contributed by atoms with Gasteiger partial charge in [0.1, 0.15) is 8.07 Å². The minimum absolute atomic E-state index is 1.16. The first-order chi connectivity index (χ1) is 7.97. The van der Waals surface area contributed by atoms with Crippen LogP contribution in [0.2, 0.25) is 19.6 Å². The predicted octanol–water partition coefficient (Wildman–Crippen LogP) is 4.67. The second-order valence-electron chi connectivity index (χ2n) is 5.14. The second-order valence-corrected chi connectivity index (χ2v) is 11.1. The van der Waals surface area contributed by atoms with Gasteiger partial charge in [-0.15, -0.1) is 5.54 Å². The van der Waals surface area contributed by atoms with E-state index in [1.54, 1.807) is 0 Å². The first kappa shape index (κ1) is 12.7. The van der Waals surface area contributed by atoms with Gasteiger partial charge in [0.15, 0.2) is 0 Å². The van der Waals surface area contributed by atoms with Crippen LogP contribution in [0.4, 0.5) is 0 Å². The molecule has 0 nitrogen and oxygen atoms in total. The molecular formula is C15H15ISi. The van der Waals surface area contributed by atoms with Gasteiger partial charge >= 0.3 is 0 Å². The van der Waals surface area contributed by atoms with Crippen LogP contribution in [0.1, 0.15) is 5.56 Å². The Kier molecular flexibility index (Phi) is 3.60. The number of halogens is 1. The van der Waals surface area contributed by atoms with Crippen molar-refractivity contribution < 1.29 is 0 Å². The van der Waals surface area contributed by atoms with Gasteiger partial charge in [-0.2, -0.15) is 0 Å². The maximum atomic E-state index is 3.44. The molecule has 0 saturated heterocycles. The van der Waals surface area contributed by atoms with Crippen molar-refractivity contribution in [3.63, 3.8) is 0 Å². The summed E-state index contributed by atoms with van der Waals surface area (Å²) in [6.45, 7) is 6.82. The molecule has 0 radical (unpaired) electrons. The third kappa shape index (κ3) is 3.11. The van der Waals surface area contributed by atoms with Crippen molar-refractivity contribution in [2.75, 3.05) is 0 Å². The smallest absolute Gasteiger partial charge is 0.127 e. The van der Waals surface area contributed by atoms with Gasteiger partial charge in [-0.25, -0.2) is 0 Å². The minimum Gasteiger partial charge on any atom is -0.127 e. The van der Waals surface area contributed by atoms with Crippen LogP contribution < -0.4 is 0 Å². The zero-order valence-corrected chi connectivity index (χ0v) is 13.5. The van der Waals surface area contributed by atoms with Crippen LogP contribution in [0.3, 0.4) is 0 Å². The molecule has 0 aliphatic heterocycles. The maximum Gasteiger partial charge on any atom is 0.129 e. The summed E-state index contributed by atoms with van der Waals surface area (Å²) in [6.07, 6.45) is 0. The van der Waals surface area contributed by atoms with E-state index in [4.69, 9.17) is 0 Å². The maximum absolute atomic E-state index is 3.44. The van der Waals surface area contributed by atoms with Crippen molar-refractivity contribution >= 4 is 41.4 Å². The van der Waals surface area contributed by atoms with Crippen molar-refractivity contribution in [3.8, 4) is 11.5 Å². The van der Waals surface area contributed by atoms with Gasteiger partial charge in [0.2, 0.25) is 0 Å². The Hall–Kier alpha value is -0.793. The zero-order valence-electron chi connectivity index (χ0n) is 10.3. The van der Waals surface area contributed by atoms with E-state index in [1.165, 1.54) is 14.3 Å².